The average Bonchev–Trinajstić information content (AvgIpc) is 3.62. The Morgan fingerprint density at radius 1 is 0.312 bits per heavy atom. The van der Waals surface area contributed by atoms with Crippen molar-refractivity contribution in [1.29, 1.82) is 0 Å². The summed E-state index contributed by atoms with van der Waals surface area (Å²) in [6.07, 6.45) is 0. The fourth-order valence-corrected chi connectivity index (χ4v) is 8.66. The van der Waals surface area contributed by atoms with E-state index in [1.54, 1.807) is 0 Å². The number of fused-ring (bicyclic) bond motifs is 10. The molecule has 0 spiro atoms. The van der Waals surface area contributed by atoms with Crippen LogP contribution in [0.1, 0.15) is 0 Å². The largest absolute Gasteiger partial charge is 0.397 e. The number of nitrogens with two attached hydrogens (primary N) is 2. The van der Waals surface area contributed by atoms with Gasteiger partial charge in [-0.25, -0.2) is 0 Å². The Labute approximate surface area is 274 Å². The molecule has 11 rings (SSSR count). The quantitative estimate of drug-likeness (QED) is 0.116. The van der Waals surface area contributed by atoms with Gasteiger partial charge in [0.15, 0.2) is 0 Å². The first-order chi connectivity index (χ1) is 23.7. The third-order valence-corrected chi connectivity index (χ3v) is 10.5. The molecule has 224 valence electrons. The molecule has 0 bridgehead atoms. The van der Waals surface area contributed by atoms with Crippen molar-refractivity contribution in [2.24, 2.45) is 0 Å². The molecule has 2 aromatic heterocycles. The minimum atomic E-state index is 0.757. The summed E-state index contributed by atoms with van der Waals surface area (Å²) < 4.78 is 4.69. The van der Waals surface area contributed by atoms with Crippen LogP contribution in [0.4, 0.5) is 11.4 Å². The topological polar surface area (TPSA) is 61.9 Å². The maximum atomic E-state index is 6.66. The molecule has 48 heavy (non-hydrogen) atoms. The Hall–Kier alpha value is -6.52. The highest BCUT2D eigenvalue weighted by atomic mass is 15.0. The van der Waals surface area contributed by atoms with Crippen molar-refractivity contribution >= 4 is 98.1 Å². The van der Waals surface area contributed by atoms with Crippen molar-refractivity contribution < 1.29 is 0 Å². The lowest BCUT2D eigenvalue weighted by Gasteiger charge is -2.18. The number of nitrogen functional groups attached to an aromatic ring is 2. The smallest absolute Gasteiger partial charge is 0.0691 e. The van der Waals surface area contributed by atoms with Gasteiger partial charge in [-0.2, -0.15) is 0 Å². The van der Waals surface area contributed by atoms with Gasteiger partial charge in [0.05, 0.1) is 44.8 Å². The van der Waals surface area contributed by atoms with Gasteiger partial charge in [-0.3, -0.25) is 0 Å². The molecule has 0 saturated carbocycles. The predicted octanol–water partition coefficient (Wildman–Crippen LogP) is 11.1. The van der Waals surface area contributed by atoms with Crippen molar-refractivity contribution in [2.75, 3.05) is 11.5 Å². The van der Waals surface area contributed by atoms with Crippen LogP contribution >= 0.6 is 0 Å². The van der Waals surface area contributed by atoms with Crippen LogP contribution in [0.5, 0.6) is 0 Å². The van der Waals surface area contributed by atoms with Gasteiger partial charge < -0.3 is 20.6 Å². The van der Waals surface area contributed by atoms with Crippen molar-refractivity contribution in [3.8, 4) is 11.4 Å². The number of aromatic nitrogens is 2. The fraction of sp³-hybridized carbons (Fsp3) is 0. The van der Waals surface area contributed by atoms with E-state index >= 15 is 0 Å². The summed E-state index contributed by atoms with van der Waals surface area (Å²) in [6.45, 7) is 0. The average molecular weight is 613 g/mol. The Kier molecular flexibility index (Phi) is 4.84. The van der Waals surface area contributed by atoms with Gasteiger partial charge in [0, 0.05) is 32.3 Å². The second kappa shape index (κ2) is 9.05. The van der Waals surface area contributed by atoms with Crippen molar-refractivity contribution in [2.45, 2.75) is 0 Å². The second-order valence-electron chi connectivity index (χ2n) is 12.9. The maximum absolute atomic E-state index is 6.66. The summed E-state index contributed by atoms with van der Waals surface area (Å²) in [7, 11) is 0. The number of para-hydroxylation sites is 6. The highest BCUT2D eigenvalue weighted by Crippen LogP contribution is 2.50. The summed E-state index contributed by atoms with van der Waals surface area (Å²) in [5.74, 6) is 0. The zero-order valence-corrected chi connectivity index (χ0v) is 25.9. The van der Waals surface area contributed by atoms with E-state index in [1.165, 1.54) is 64.6 Å². The number of hydrogen-bond acceptors (Lipinski definition) is 2. The van der Waals surface area contributed by atoms with E-state index in [0.717, 1.165) is 44.8 Å². The van der Waals surface area contributed by atoms with Crippen LogP contribution in [-0.2, 0) is 0 Å². The van der Waals surface area contributed by atoms with Gasteiger partial charge in [0.2, 0.25) is 0 Å². The molecule has 0 fully saturated rings. The van der Waals surface area contributed by atoms with Gasteiger partial charge in [0.1, 0.15) is 0 Å². The first kappa shape index (κ1) is 25.6. The lowest BCUT2D eigenvalue weighted by molar-refractivity contribution is 1.19. The Morgan fingerprint density at radius 2 is 0.708 bits per heavy atom. The molecule has 4 nitrogen and oxygen atoms in total. The molecule has 0 saturated heterocycles. The zero-order valence-electron chi connectivity index (χ0n) is 25.9. The summed E-state index contributed by atoms with van der Waals surface area (Å²) in [6, 6.07) is 52.1. The molecule has 11 aromatic rings. The monoisotopic (exact) mass is 612 g/mol. The Morgan fingerprint density at radius 3 is 1.17 bits per heavy atom. The van der Waals surface area contributed by atoms with Crippen LogP contribution in [0, 0.1) is 0 Å². The van der Waals surface area contributed by atoms with Gasteiger partial charge in [0.25, 0.3) is 0 Å². The molecule has 0 aliphatic carbocycles. The first-order valence-corrected chi connectivity index (χ1v) is 16.4. The van der Waals surface area contributed by atoms with E-state index in [4.69, 9.17) is 11.5 Å². The lowest BCUT2D eigenvalue weighted by Crippen LogP contribution is -1.99. The summed E-state index contributed by atoms with van der Waals surface area (Å²) in [5, 5.41) is 15.1. The Bertz CT molecular complexity index is 2930. The molecular weight excluding hydrogens is 585 g/mol. The van der Waals surface area contributed by atoms with Crippen LogP contribution in [0.3, 0.4) is 0 Å². The van der Waals surface area contributed by atoms with Crippen LogP contribution < -0.4 is 11.5 Å². The fourth-order valence-electron chi connectivity index (χ4n) is 8.66. The van der Waals surface area contributed by atoms with Gasteiger partial charge >= 0.3 is 0 Å². The molecule has 0 atom stereocenters. The second-order valence-corrected chi connectivity index (χ2v) is 12.9. The van der Waals surface area contributed by atoms with E-state index in [9.17, 15) is 0 Å². The van der Waals surface area contributed by atoms with E-state index in [1.807, 2.05) is 24.3 Å². The van der Waals surface area contributed by atoms with Crippen molar-refractivity contribution in [1.82, 2.24) is 9.13 Å². The maximum Gasteiger partial charge on any atom is 0.0691 e. The van der Waals surface area contributed by atoms with Crippen LogP contribution in [0.2, 0.25) is 0 Å². The molecule has 0 aliphatic rings. The van der Waals surface area contributed by atoms with E-state index in [2.05, 4.69) is 130 Å². The minimum absolute atomic E-state index is 0.757. The van der Waals surface area contributed by atoms with Crippen LogP contribution in [0.15, 0.2) is 146 Å². The highest BCUT2D eigenvalue weighted by Gasteiger charge is 2.24. The van der Waals surface area contributed by atoms with Crippen LogP contribution in [0.25, 0.3) is 98.1 Å². The number of anilines is 2. The molecule has 4 heteroatoms. The summed E-state index contributed by atoms with van der Waals surface area (Å²) in [5.41, 5.74) is 21.4. The lowest BCUT2D eigenvalue weighted by atomic mass is 9.86. The molecular formula is C44H28N4. The first-order valence-electron chi connectivity index (χ1n) is 16.4. The van der Waals surface area contributed by atoms with Crippen LogP contribution in [-0.4, -0.2) is 9.13 Å². The number of hydrogen-bond donors (Lipinski definition) is 2. The Balaban J connectivity index is 1.44. The van der Waals surface area contributed by atoms with Gasteiger partial charge in [-0.15, -0.1) is 0 Å². The van der Waals surface area contributed by atoms with E-state index in [-0.39, 0.29) is 0 Å². The van der Waals surface area contributed by atoms with Gasteiger partial charge in [-0.05, 0) is 80.8 Å². The predicted molar refractivity (Wildman–Crippen MR) is 205 cm³/mol. The van der Waals surface area contributed by atoms with Crippen molar-refractivity contribution in [3.05, 3.63) is 146 Å². The zero-order chi connectivity index (χ0) is 31.7. The number of benzene rings is 9. The summed E-state index contributed by atoms with van der Waals surface area (Å²) in [4.78, 5) is 0. The van der Waals surface area contributed by atoms with E-state index < -0.39 is 0 Å². The van der Waals surface area contributed by atoms with Gasteiger partial charge in [-0.1, -0.05) is 97.1 Å². The molecule has 0 unspecified atom stereocenters. The molecule has 2 heterocycles. The highest BCUT2D eigenvalue weighted by molar-refractivity contribution is 6.45. The minimum Gasteiger partial charge on any atom is -0.397 e. The molecule has 0 radical (unpaired) electrons. The SMILES string of the molecule is Nc1ccccc1-n1c2ccccc2c2c3c4cccc5cc6c(c7ccccc7n6-c6ccccc6N)c(c6cccc(cc21)c63)c54. The normalized spacial score (nSPS) is 12.3. The standard InChI is InChI=1S/C44H28N4/c45-31-17-3-7-21-35(31)47-33-19-5-1-13-27(33)41-37(47)23-25-11-10-16-30-39(25)43(41)29-15-9-12-26-24-38-42(44(30)40(26)29)28-14-2-6-20-34(28)48(38)36-22-8-4-18-32(36)46/h1-24H,45-46H2. The molecule has 0 amide bonds. The molecule has 0 aliphatic heterocycles. The summed E-state index contributed by atoms with van der Waals surface area (Å²) >= 11 is 0. The third-order valence-electron chi connectivity index (χ3n) is 10.5. The molecule has 9 aromatic carbocycles. The van der Waals surface area contributed by atoms with E-state index in [0.29, 0.717) is 0 Å². The number of nitrogens with zero attached hydrogens (tertiary/aromatic N) is 2. The third kappa shape index (κ3) is 3.09. The van der Waals surface area contributed by atoms with Crippen molar-refractivity contribution in [3.63, 3.8) is 0 Å². The molecule has 4 N–H and O–H groups in total. The number of rotatable bonds is 2.